The molecule has 34 heavy (non-hydrogen) atoms. The van der Waals surface area contributed by atoms with Gasteiger partial charge in [-0.3, -0.25) is 18.7 Å². The van der Waals surface area contributed by atoms with Gasteiger partial charge in [0, 0.05) is 44.2 Å². The minimum atomic E-state index is -0.129. The maximum Gasteiger partial charge on any atom is 0.176 e. The highest BCUT2D eigenvalue weighted by Crippen LogP contribution is 2.35. The SMILES string of the molecule is COc1cc(-n2cnc3cc(-c4cnn(C)c4)ccc32)cc(OC)c1C(=O)Cc1ccn(C)n1. The van der Waals surface area contributed by atoms with Crippen LogP contribution in [0.2, 0.25) is 0 Å². The van der Waals surface area contributed by atoms with Crippen molar-refractivity contribution in [2.75, 3.05) is 14.2 Å². The molecule has 0 unspecified atom stereocenters. The van der Waals surface area contributed by atoms with E-state index in [1.807, 2.05) is 73.7 Å². The average molecular weight is 457 g/mol. The summed E-state index contributed by atoms with van der Waals surface area (Å²) in [5, 5.41) is 8.55. The van der Waals surface area contributed by atoms with Gasteiger partial charge in [0.2, 0.25) is 0 Å². The van der Waals surface area contributed by atoms with Crippen LogP contribution < -0.4 is 9.47 Å². The molecule has 9 nitrogen and oxygen atoms in total. The molecule has 0 saturated heterocycles. The van der Waals surface area contributed by atoms with E-state index in [1.165, 1.54) is 0 Å². The molecule has 0 bridgehead atoms. The first-order valence-electron chi connectivity index (χ1n) is 10.7. The number of ketones is 1. The Morgan fingerprint density at radius 3 is 2.35 bits per heavy atom. The molecule has 3 aromatic heterocycles. The van der Waals surface area contributed by atoms with Gasteiger partial charge in [-0.25, -0.2) is 4.98 Å². The number of carbonyl (C=O) groups is 1. The molecule has 0 saturated carbocycles. The number of benzene rings is 2. The van der Waals surface area contributed by atoms with Crippen molar-refractivity contribution in [1.82, 2.24) is 29.1 Å². The summed E-state index contributed by atoms with van der Waals surface area (Å²) in [7, 11) is 6.80. The number of hydrogen-bond donors (Lipinski definition) is 0. The molecule has 0 atom stereocenters. The fourth-order valence-corrected chi connectivity index (χ4v) is 4.09. The van der Waals surface area contributed by atoms with E-state index in [2.05, 4.69) is 15.2 Å². The molecular formula is C25H24N6O3. The van der Waals surface area contributed by atoms with Crippen LogP contribution in [0.3, 0.4) is 0 Å². The fraction of sp³-hybridized carbons (Fsp3) is 0.200. The molecule has 0 radical (unpaired) electrons. The molecule has 0 fully saturated rings. The van der Waals surface area contributed by atoms with E-state index < -0.39 is 0 Å². The highest BCUT2D eigenvalue weighted by Gasteiger charge is 2.22. The number of carbonyl (C=O) groups excluding carboxylic acids is 1. The van der Waals surface area contributed by atoms with Crippen molar-refractivity contribution >= 4 is 16.8 Å². The molecule has 0 N–H and O–H groups in total. The molecule has 0 aliphatic heterocycles. The first-order valence-corrected chi connectivity index (χ1v) is 10.7. The predicted molar refractivity (Wildman–Crippen MR) is 128 cm³/mol. The second-order valence-corrected chi connectivity index (χ2v) is 8.03. The van der Waals surface area contributed by atoms with E-state index in [1.54, 1.807) is 29.9 Å². The predicted octanol–water partition coefficient (Wildman–Crippen LogP) is 3.60. The number of aromatic nitrogens is 6. The van der Waals surface area contributed by atoms with Gasteiger partial charge >= 0.3 is 0 Å². The molecule has 5 aromatic rings. The average Bonchev–Trinajstić information content (AvgIpc) is 3.57. The summed E-state index contributed by atoms with van der Waals surface area (Å²) in [6, 6.07) is 11.6. The van der Waals surface area contributed by atoms with Gasteiger partial charge in [-0.1, -0.05) is 6.07 Å². The largest absolute Gasteiger partial charge is 0.496 e. The van der Waals surface area contributed by atoms with Crippen LogP contribution in [0.4, 0.5) is 0 Å². The quantitative estimate of drug-likeness (QED) is 0.348. The van der Waals surface area contributed by atoms with Crippen LogP contribution in [0.25, 0.3) is 27.8 Å². The Morgan fingerprint density at radius 1 is 0.971 bits per heavy atom. The summed E-state index contributed by atoms with van der Waals surface area (Å²) in [5.74, 6) is 0.740. The standard InChI is InChI=1S/C25H24N6O3/c1-29-8-7-18(28-29)10-22(32)25-23(33-3)11-19(12-24(25)34-4)31-15-26-20-9-16(5-6-21(20)31)17-13-27-30(2)14-17/h5-9,11-15H,10H2,1-4H3. The normalized spacial score (nSPS) is 11.2. The van der Waals surface area contributed by atoms with E-state index in [0.29, 0.717) is 22.8 Å². The van der Waals surface area contributed by atoms with Gasteiger partial charge in [-0.05, 0) is 23.8 Å². The summed E-state index contributed by atoms with van der Waals surface area (Å²) in [4.78, 5) is 17.7. The molecule has 2 aromatic carbocycles. The number of imidazole rings is 1. The lowest BCUT2D eigenvalue weighted by atomic mass is 10.0. The van der Waals surface area contributed by atoms with Gasteiger partial charge in [0.15, 0.2) is 5.78 Å². The van der Waals surface area contributed by atoms with E-state index in [9.17, 15) is 4.79 Å². The minimum absolute atomic E-state index is 0.129. The lowest BCUT2D eigenvalue weighted by Gasteiger charge is -2.15. The van der Waals surface area contributed by atoms with Crippen molar-refractivity contribution in [3.63, 3.8) is 0 Å². The van der Waals surface area contributed by atoms with Crippen LogP contribution in [-0.2, 0) is 20.5 Å². The van der Waals surface area contributed by atoms with Crippen molar-refractivity contribution in [2.24, 2.45) is 14.1 Å². The van der Waals surface area contributed by atoms with Crippen molar-refractivity contribution in [3.05, 3.63) is 72.6 Å². The van der Waals surface area contributed by atoms with E-state index in [-0.39, 0.29) is 12.2 Å². The first kappa shape index (κ1) is 21.4. The monoisotopic (exact) mass is 456 g/mol. The van der Waals surface area contributed by atoms with Gasteiger partial charge < -0.3 is 9.47 Å². The van der Waals surface area contributed by atoms with Gasteiger partial charge in [0.1, 0.15) is 23.4 Å². The number of rotatable bonds is 7. The molecule has 0 aliphatic carbocycles. The lowest BCUT2D eigenvalue weighted by Crippen LogP contribution is -2.10. The lowest BCUT2D eigenvalue weighted by molar-refractivity contribution is 0.0985. The van der Waals surface area contributed by atoms with Crippen LogP contribution in [0, 0.1) is 0 Å². The Bertz CT molecular complexity index is 1490. The van der Waals surface area contributed by atoms with Crippen LogP contribution >= 0.6 is 0 Å². The number of ether oxygens (including phenoxy) is 2. The molecule has 3 heterocycles. The Kier molecular flexibility index (Phi) is 5.37. The molecule has 172 valence electrons. The topological polar surface area (TPSA) is 89.0 Å². The van der Waals surface area contributed by atoms with Crippen molar-refractivity contribution in [3.8, 4) is 28.3 Å². The Labute approximate surface area is 196 Å². The van der Waals surface area contributed by atoms with Gasteiger partial charge in [-0.15, -0.1) is 0 Å². The minimum Gasteiger partial charge on any atom is -0.496 e. The zero-order valence-electron chi connectivity index (χ0n) is 19.4. The number of aryl methyl sites for hydroxylation is 2. The van der Waals surface area contributed by atoms with Gasteiger partial charge in [0.25, 0.3) is 0 Å². The zero-order chi connectivity index (χ0) is 23.8. The summed E-state index contributed by atoms with van der Waals surface area (Å²) in [6.45, 7) is 0. The molecule has 0 amide bonds. The Morgan fingerprint density at radius 2 is 1.74 bits per heavy atom. The molecular weight excluding hydrogens is 432 g/mol. The number of hydrogen-bond acceptors (Lipinski definition) is 6. The summed E-state index contributed by atoms with van der Waals surface area (Å²) in [5.41, 5.74) is 5.68. The van der Waals surface area contributed by atoms with Crippen molar-refractivity contribution < 1.29 is 14.3 Å². The zero-order valence-corrected chi connectivity index (χ0v) is 19.4. The summed E-state index contributed by atoms with van der Waals surface area (Å²) in [6.07, 6.45) is 7.51. The van der Waals surface area contributed by atoms with E-state index in [0.717, 1.165) is 27.8 Å². The number of Topliss-reactive ketones (excluding diaryl/α,β-unsaturated/α-hetero) is 1. The molecule has 0 aliphatic rings. The Balaban J connectivity index is 1.54. The maximum atomic E-state index is 13.1. The van der Waals surface area contributed by atoms with Crippen molar-refractivity contribution in [2.45, 2.75) is 6.42 Å². The van der Waals surface area contributed by atoms with Crippen LogP contribution in [0.1, 0.15) is 16.1 Å². The van der Waals surface area contributed by atoms with E-state index >= 15 is 0 Å². The second-order valence-electron chi connectivity index (χ2n) is 8.03. The van der Waals surface area contributed by atoms with Crippen LogP contribution in [0.5, 0.6) is 11.5 Å². The highest BCUT2D eigenvalue weighted by molar-refractivity contribution is 6.02. The third-order valence-electron chi connectivity index (χ3n) is 5.74. The van der Waals surface area contributed by atoms with Gasteiger partial charge in [0.05, 0.1) is 49.3 Å². The fourth-order valence-electron chi connectivity index (χ4n) is 4.09. The smallest absolute Gasteiger partial charge is 0.176 e. The molecule has 0 spiro atoms. The third kappa shape index (κ3) is 3.81. The van der Waals surface area contributed by atoms with Gasteiger partial charge in [-0.2, -0.15) is 10.2 Å². The highest BCUT2D eigenvalue weighted by atomic mass is 16.5. The number of fused-ring (bicyclic) bond motifs is 1. The number of methoxy groups -OCH3 is 2. The second kappa shape index (κ2) is 8.51. The van der Waals surface area contributed by atoms with E-state index in [4.69, 9.17) is 9.47 Å². The number of nitrogens with zero attached hydrogens (tertiary/aromatic N) is 6. The molecule has 5 rings (SSSR count). The summed E-state index contributed by atoms with van der Waals surface area (Å²) < 4.78 is 16.6. The maximum absolute atomic E-state index is 13.1. The van der Waals surface area contributed by atoms with Crippen LogP contribution in [0.15, 0.2) is 61.3 Å². The van der Waals surface area contributed by atoms with Crippen LogP contribution in [-0.4, -0.2) is 49.1 Å². The third-order valence-corrected chi connectivity index (χ3v) is 5.74. The molecule has 9 heteroatoms. The Hall–Kier alpha value is -4.40. The summed E-state index contributed by atoms with van der Waals surface area (Å²) >= 11 is 0. The van der Waals surface area contributed by atoms with Crippen molar-refractivity contribution in [1.29, 1.82) is 0 Å². The first-order chi connectivity index (χ1) is 16.5.